The summed E-state index contributed by atoms with van der Waals surface area (Å²) in [6.45, 7) is 1.50. The van der Waals surface area contributed by atoms with Crippen molar-refractivity contribution < 1.29 is 13.2 Å². The van der Waals surface area contributed by atoms with Crippen LogP contribution in [0, 0.1) is 0 Å². The van der Waals surface area contributed by atoms with Crippen LogP contribution in [0.4, 0.5) is 0 Å². The van der Waals surface area contributed by atoms with E-state index in [9.17, 15) is 13.2 Å². The zero-order valence-corrected chi connectivity index (χ0v) is 17.6. The highest BCUT2D eigenvalue weighted by molar-refractivity contribution is 8.00. The van der Waals surface area contributed by atoms with E-state index in [1.807, 2.05) is 4.90 Å². The van der Waals surface area contributed by atoms with Gasteiger partial charge in [0.25, 0.3) is 5.91 Å². The maximum atomic E-state index is 13.1. The third-order valence-electron chi connectivity index (χ3n) is 5.40. The SMILES string of the molecule is O=C(c1ccc(Cl)cc1)N1CCSC12CCN(S(=O)(=O)c1ccccc1)CC2. The van der Waals surface area contributed by atoms with Gasteiger partial charge >= 0.3 is 0 Å². The molecule has 2 fully saturated rings. The van der Waals surface area contributed by atoms with E-state index in [2.05, 4.69) is 0 Å². The van der Waals surface area contributed by atoms with Crippen molar-refractivity contribution in [2.24, 2.45) is 0 Å². The van der Waals surface area contributed by atoms with Gasteiger partial charge in [-0.2, -0.15) is 4.31 Å². The first kappa shape index (κ1) is 19.8. The Morgan fingerprint density at radius 3 is 2.25 bits per heavy atom. The summed E-state index contributed by atoms with van der Waals surface area (Å²) in [4.78, 5) is 15.0. The number of halogens is 1. The Labute approximate surface area is 174 Å². The molecule has 2 aliphatic heterocycles. The Morgan fingerprint density at radius 2 is 1.61 bits per heavy atom. The molecular weight excluding hydrogens is 416 g/mol. The van der Waals surface area contributed by atoms with Gasteiger partial charge in [0.1, 0.15) is 0 Å². The van der Waals surface area contributed by atoms with Crippen LogP contribution in [-0.4, -0.2) is 53.8 Å². The quantitative estimate of drug-likeness (QED) is 0.735. The number of piperidine rings is 1. The second-order valence-electron chi connectivity index (χ2n) is 6.98. The average molecular weight is 437 g/mol. The van der Waals surface area contributed by atoms with Crippen LogP contribution >= 0.6 is 23.4 Å². The van der Waals surface area contributed by atoms with Crippen LogP contribution in [0.2, 0.25) is 5.02 Å². The Morgan fingerprint density at radius 1 is 0.964 bits per heavy atom. The largest absolute Gasteiger partial charge is 0.323 e. The Balaban J connectivity index is 1.51. The number of hydrogen-bond donors (Lipinski definition) is 0. The smallest absolute Gasteiger partial charge is 0.254 e. The first-order valence-electron chi connectivity index (χ1n) is 9.19. The van der Waals surface area contributed by atoms with Crippen molar-refractivity contribution >= 4 is 39.3 Å². The van der Waals surface area contributed by atoms with E-state index in [1.54, 1.807) is 66.4 Å². The van der Waals surface area contributed by atoms with Gasteiger partial charge in [0.15, 0.2) is 0 Å². The molecule has 0 bridgehead atoms. The predicted octanol–water partition coefficient (Wildman–Crippen LogP) is 3.71. The summed E-state index contributed by atoms with van der Waals surface area (Å²) in [7, 11) is -3.50. The number of benzene rings is 2. The lowest BCUT2D eigenvalue weighted by atomic mass is 10.0. The molecule has 0 atom stereocenters. The minimum absolute atomic E-state index is 0.0129. The lowest BCUT2D eigenvalue weighted by molar-refractivity contribution is 0.0605. The molecule has 1 spiro atoms. The van der Waals surface area contributed by atoms with Crippen LogP contribution < -0.4 is 0 Å². The number of thioether (sulfide) groups is 1. The molecule has 0 aliphatic carbocycles. The van der Waals surface area contributed by atoms with Crippen LogP contribution in [0.15, 0.2) is 59.5 Å². The van der Waals surface area contributed by atoms with Crippen molar-refractivity contribution in [1.82, 2.24) is 9.21 Å². The van der Waals surface area contributed by atoms with Gasteiger partial charge in [-0.1, -0.05) is 29.8 Å². The first-order chi connectivity index (χ1) is 13.4. The number of carbonyl (C=O) groups excluding carboxylic acids is 1. The third-order valence-corrected chi connectivity index (χ3v) is 9.12. The highest BCUT2D eigenvalue weighted by atomic mass is 35.5. The van der Waals surface area contributed by atoms with Crippen molar-refractivity contribution in [3.63, 3.8) is 0 Å². The van der Waals surface area contributed by atoms with E-state index in [0.29, 0.717) is 48.0 Å². The summed E-state index contributed by atoms with van der Waals surface area (Å²) < 4.78 is 27.3. The van der Waals surface area contributed by atoms with Crippen LogP contribution in [0.3, 0.4) is 0 Å². The van der Waals surface area contributed by atoms with Crippen molar-refractivity contribution in [1.29, 1.82) is 0 Å². The lowest BCUT2D eigenvalue weighted by Gasteiger charge is -2.43. The molecule has 0 saturated carbocycles. The van der Waals surface area contributed by atoms with E-state index in [4.69, 9.17) is 11.6 Å². The standard InChI is InChI=1S/C20H21ClN2O3S2/c21-17-8-6-16(7-9-17)19(24)23-14-15-27-20(23)10-12-22(13-11-20)28(25,26)18-4-2-1-3-5-18/h1-9H,10-15H2. The molecule has 2 aromatic carbocycles. The normalized spacial score (nSPS) is 19.8. The monoisotopic (exact) mass is 436 g/mol. The summed E-state index contributed by atoms with van der Waals surface area (Å²) in [5, 5.41) is 0.599. The van der Waals surface area contributed by atoms with Crippen molar-refractivity contribution in [3.05, 3.63) is 65.2 Å². The van der Waals surface area contributed by atoms with E-state index in [1.165, 1.54) is 4.31 Å². The molecule has 2 aromatic rings. The van der Waals surface area contributed by atoms with Gasteiger partial charge in [-0.25, -0.2) is 8.42 Å². The van der Waals surface area contributed by atoms with Gasteiger partial charge in [0.2, 0.25) is 10.0 Å². The number of nitrogens with zero attached hydrogens (tertiary/aromatic N) is 2. The molecule has 0 unspecified atom stereocenters. The van der Waals surface area contributed by atoms with E-state index in [-0.39, 0.29) is 10.8 Å². The topological polar surface area (TPSA) is 57.7 Å². The Kier molecular flexibility index (Phi) is 5.44. The predicted molar refractivity (Wildman–Crippen MR) is 112 cm³/mol. The minimum atomic E-state index is -3.50. The summed E-state index contributed by atoms with van der Waals surface area (Å²) in [5.41, 5.74) is 0.616. The Bertz CT molecular complexity index is 957. The molecule has 148 valence electrons. The van der Waals surface area contributed by atoms with Gasteiger partial charge in [0.05, 0.1) is 9.77 Å². The number of carbonyl (C=O) groups is 1. The molecule has 0 aromatic heterocycles. The van der Waals surface area contributed by atoms with Gasteiger partial charge in [-0.05, 0) is 49.2 Å². The summed E-state index contributed by atoms with van der Waals surface area (Å²) in [5.74, 6) is 0.853. The fourth-order valence-electron chi connectivity index (χ4n) is 3.88. The first-order valence-corrected chi connectivity index (χ1v) is 12.0. The zero-order chi connectivity index (χ0) is 19.8. The third kappa shape index (κ3) is 3.56. The molecule has 8 heteroatoms. The fraction of sp³-hybridized carbons (Fsp3) is 0.350. The summed E-state index contributed by atoms with van der Waals surface area (Å²) >= 11 is 7.70. The fourth-order valence-corrected chi connectivity index (χ4v) is 6.92. The van der Waals surface area contributed by atoms with Gasteiger partial charge in [-0.3, -0.25) is 4.79 Å². The molecule has 2 aliphatic rings. The molecule has 2 saturated heterocycles. The van der Waals surface area contributed by atoms with Gasteiger partial charge in [-0.15, -0.1) is 11.8 Å². The van der Waals surface area contributed by atoms with Gasteiger partial charge in [0, 0.05) is 36.0 Å². The van der Waals surface area contributed by atoms with Crippen LogP contribution in [0.1, 0.15) is 23.2 Å². The zero-order valence-electron chi connectivity index (χ0n) is 15.3. The molecule has 0 radical (unpaired) electrons. The molecule has 5 nitrogen and oxygen atoms in total. The molecule has 1 amide bonds. The maximum absolute atomic E-state index is 13.1. The van der Waals surface area contributed by atoms with E-state index in [0.717, 1.165) is 5.75 Å². The van der Waals surface area contributed by atoms with Crippen LogP contribution in [0.25, 0.3) is 0 Å². The number of rotatable bonds is 3. The highest BCUT2D eigenvalue weighted by Gasteiger charge is 2.48. The van der Waals surface area contributed by atoms with E-state index < -0.39 is 10.0 Å². The molecule has 2 heterocycles. The number of amides is 1. The maximum Gasteiger partial charge on any atom is 0.254 e. The van der Waals surface area contributed by atoms with Crippen molar-refractivity contribution in [3.8, 4) is 0 Å². The number of hydrogen-bond acceptors (Lipinski definition) is 4. The van der Waals surface area contributed by atoms with Crippen molar-refractivity contribution in [2.45, 2.75) is 22.6 Å². The van der Waals surface area contributed by atoms with Gasteiger partial charge < -0.3 is 4.90 Å². The van der Waals surface area contributed by atoms with Crippen molar-refractivity contribution in [2.75, 3.05) is 25.4 Å². The second kappa shape index (κ2) is 7.71. The highest BCUT2D eigenvalue weighted by Crippen LogP contribution is 2.45. The van der Waals surface area contributed by atoms with Crippen LogP contribution in [0.5, 0.6) is 0 Å². The molecule has 0 N–H and O–H groups in total. The van der Waals surface area contributed by atoms with Crippen LogP contribution in [-0.2, 0) is 10.0 Å². The van der Waals surface area contributed by atoms with E-state index >= 15 is 0 Å². The molecular formula is C20H21ClN2O3S2. The lowest BCUT2D eigenvalue weighted by Crippen LogP contribution is -2.53. The number of sulfonamides is 1. The second-order valence-corrected chi connectivity index (χ2v) is 10.8. The minimum Gasteiger partial charge on any atom is -0.323 e. The summed E-state index contributed by atoms with van der Waals surface area (Å²) in [6, 6.07) is 15.5. The Hall–Kier alpha value is -1.54. The summed E-state index contributed by atoms with van der Waals surface area (Å²) in [6.07, 6.45) is 1.26. The molecule has 28 heavy (non-hydrogen) atoms. The molecule has 4 rings (SSSR count). The average Bonchev–Trinajstić information content (AvgIpc) is 3.12.